The van der Waals surface area contributed by atoms with Crippen molar-refractivity contribution in [2.24, 2.45) is 5.10 Å². The molecule has 0 bridgehead atoms. The monoisotopic (exact) mass is 394 g/mol. The van der Waals surface area contributed by atoms with E-state index in [1.165, 1.54) is 0 Å². The van der Waals surface area contributed by atoms with Crippen LogP contribution < -0.4 is 10.3 Å². The van der Waals surface area contributed by atoms with Crippen molar-refractivity contribution < 1.29 is 0 Å². The molecule has 3 aromatic carbocycles. The summed E-state index contributed by atoms with van der Waals surface area (Å²) >= 11 is 0. The van der Waals surface area contributed by atoms with Crippen LogP contribution in [0.2, 0.25) is 0 Å². The van der Waals surface area contributed by atoms with Crippen molar-refractivity contribution in [3.63, 3.8) is 0 Å². The topological polar surface area (TPSA) is 66.3 Å². The molecule has 0 radical (unpaired) electrons. The van der Waals surface area contributed by atoms with Gasteiger partial charge in [-0.25, -0.2) is 10.4 Å². The molecular weight excluding hydrogens is 372 g/mol. The summed E-state index contributed by atoms with van der Waals surface area (Å²) in [5.41, 5.74) is 8.43. The molecule has 0 unspecified atom stereocenters. The molecule has 4 rings (SSSR count). The predicted octanol–water partition coefficient (Wildman–Crippen LogP) is 4.72. The minimum Gasteiger partial charge on any atom is -0.378 e. The van der Waals surface area contributed by atoms with Crippen LogP contribution in [0.1, 0.15) is 5.56 Å². The standard InChI is InChI=1S/C24H22N6/c1-30(2)21-15-13-18(14-16-21)17-25-28-24-26-22(19-9-5-3-6-10-19)23(27-29-24)20-11-7-4-8-12-20/h3-17H,1-2H3,(H,26,28,29)/b25-17+. The van der Waals surface area contributed by atoms with E-state index in [9.17, 15) is 0 Å². The molecule has 1 heterocycles. The molecule has 0 atom stereocenters. The van der Waals surface area contributed by atoms with Crippen LogP contribution in [0, 0.1) is 0 Å². The average molecular weight is 394 g/mol. The number of nitrogens with zero attached hydrogens (tertiary/aromatic N) is 5. The highest BCUT2D eigenvalue weighted by atomic mass is 15.4. The summed E-state index contributed by atoms with van der Waals surface area (Å²) in [5, 5.41) is 12.9. The van der Waals surface area contributed by atoms with Crippen molar-refractivity contribution in [1.29, 1.82) is 0 Å². The van der Waals surface area contributed by atoms with Crippen molar-refractivity contribution in [1.82, 2.24) is 15.2 Å². The van der Waals surface area contributed by atoms with Gasteiger partial charge in [0.25, 0.3) is 5.95 Å². The predicted molar refractivity (Wildman–Crippen MR) is 123 cm³/mol. The minimum atomic E-state index is 0.342. The third kappa shape index (κ3) is 4.50. The van der Waals surface area contributed by atoms with Crippen molar-refractivity contribution in [3.05, 3.63) is 90.5 Å². The van der Waals surface area contributed by atoms with Gasteiger partial charge in [-0.2, -0.15) is 5.10 Å². The van der Waals surface area contributed by atoms with Crippen molar-refractivity contribution in [3.8, 4) is 22.5 Å². The van der Waals surface area contributed by atoms with Crippen LogP contribution in [-0.4, -0.2) is 35.5 Å². The normalized spacial score (nSPS) is 10.9. The Kier molecular flexibility index (Phi) is 5.75. The Morgan fingerprint density at radius 2 is 1.33 bits per heavy atom. The molecule has 0 aliphatic rings. The minimum absolute atomic E-state index is 0.342. The number of nitrogens with one attached hydrogen (secondary N) is 1. The van der Waals surface area contributed by atoms with Gasteiger partial charge in [-0.3, -0.25) is 0 Å². The van der Waals surface area contributed by atoms with E-state index in [4.69, 9.17) is 0 Å². The highest BCUT2D eigenvalue weighted by molar-refractivity contribution is 5.81. The largest absolute Gasteiger partial charge is 0.378 e. The highest BCUT2D eigenvalue weighted by Gasteiger charge is 2.13. The van der Waals surface area contributed by atoms with Gasteiger partial charge >= 0.3 is 0 Å². The second-order valence-corrected chi connectivity index (χ2v) is 6.92. The van der Waals surface area contributed by atoms with E-state index >= 15 is 0 Å². The van der Waals surface area contributed by atoms with E-state index < -0.39 is 0 Å². The van der Waals surface area contributed by atoms with Crippen molar-refractivity contribution >= 4 is 17.9 Å². The molecule has 0 spiro atoms. The van der Waals surface area contributed by atoms with Crippen molar-refractivity contribution in [2.45, 2.75) is 0 Å². The fourth-order valence-electron chi connectivity index (χ4n) is 2.98. The zero-order chi connectivity index (χ0) is 20.8. The van der Waals surface area contributed by atoms with Gasteiger partial charge in [-0.15, -0.1) is 10.2 Å². The fraction of sp³-hybridized carbons (Fsp3) is 0.0833. The van der Waals surface area contributed by atoms with E-state index in [0.717, 1.165) is 33.8 Å². The first kappa shape index (κ1) is 19.3. The Morgan fingerprint density at radius 3 is 1.93 bits per heavy atom. The van der Waals surface area contributed by atoms with Crippen molar-refractivity contribution in [2.75, 3.05) is 24.4 Å². The molecule has 30 heavy (non-hydrogen) atoms. The maximum atomic E-state index is 4.68. The third-order valence-electron chi connectivity index (χ3n) is 4.57. The van der Waals surface area contributed by atoms with E-state index in [1.807, 2.05) is 99.0 Å². The van der Waals surface area contributed by atoms with Crippen LogP contribution in [0.4, 0.5) is 11.6 Å². The second kappa shape index (κ2) is 8.96. The number of rotatable bonds is 6. The number of benzene rings is 3. The average Bonchev–Trinajstić information content (AvgIpc) is 2.80. The number of hydrogen-bond donors (Lipinski definition) is 1. The van der Waals surface area contributed by atoms with Crippen LogP contribution in [-0.2, 0) is 0 Å². The van der Waals surface area contributed by atoms with E-state index in [1.54, 1.807) is 6.21 Å². The SMILES string of the molecule is CN(C)c1ccc(/C=N/Nc2nnc(-c3ccccc3)c(-c3ccccc3)n2)cc1. The van der Waals surface area contributed by atoms with Gasteiger partial charge in [0, 0.05) is 30.9 Å². The molecule has 0 saturated carbocycles. The molecule has 1 N–H and O–H groups in total. The zero-order valence-electron chi connectivity index (χ0n) is 16.9. The fourth-order valence-corrected chi connectivity index (χ4v) is 2.98. The Morgan fingerprint density at radius 1 is 0.733 bits per heavy atom. The molecule has 0 saturated heterocycles. The first-order chi connectivity index (χ1) is 14.7. The van der Waals surface area contributed by atoms with E-state index in [2.05, 4.69) is 30.6 Å². The van der Waals surface area contributed by atoms with Crippen LogP contribution >= 0.6 is 0 Å². The van der Waals surface area contributed by atoms with Gasteiger partial charge in [0.05, 0.1) is 6.21 Å². The molecule has 6 heteroatoms. The van der Waals surface area contributed by atoms with Gasteiger partial charge < -0.3 is 4.90 Å². The lowest BCUT2D eigenvalue weighted by atomic mass is 10.0. The smallest absolute Gasteiger partial charge is 0.263 e. The Labute approximate surface area is 176 Å². The molecule has 0 aliphatic carbocycles. The summed E-state index contributed by atoms with van der Waals surface area (Å²) in [6.07, 6.45) is 1.73. The van der Waals surface area contributed by atoms with Crippen LogP contribution in [0.15, 0.2) is 90.0 Å². The van der Waals surface area contributed by atoms with Gasteiger partial charge in [0.2, 0.25) is 0 Å². The summed E-state index contributed by atoms with van der Waals surface area (Å²) in [5.74, 6) is 0.342. The second-order valence-electron chi connectivity index (χ2n) is 6.92. The summed E-state index contributed by atoms with van der Waals surface area (Å²) in [4.78, 5) is 6.74. The number of hydrogen-bond acceptors (Lipinski definition) is 6. The molecule has 0 amide bonds. The summed E-state index contributed by atoms with van der Waals surface area (Å²) in [6.45, 7) is 0. The number of hydrazone groups is 1. The molecule has 0 aliphatic heterocycles. The lowest BCUT2D eigenvalue weighted by Gasteiger charge is -2.11. The molecular formula is C24H22N6. The Bertz CT molecular complexity index is 1120. The Balaban J connectivity index is 1.60. The van der Waals surface area contributed by atoms with Gasteiger partial charge in [0.15, 0.2) is 0 Å². The zero-order valence-corrected chi connectivity index (χ0v) is 16.9. The maximum Gasteiger partial charge on any atom is 0.263 e. The molecule has 4 aromatic rings. The van der Waals surface area contributed by atoms with E-state index in [0.29, 0.717) is 5.95 Å². The highest BCUT2D eigenvalue weighted by Crippen LogP contribution is 2.28. The summed E-state index contributed by atoms with van der Waals surface area (Å²) in [6, 6.07) is 28.0. The first-order valence-electron chi connectivity index (χ1n) is 9.63. The van der Waals surface area contributed by atoms with E-state index in [-0.39, 0.29) is 0 Å². The van der Waals surface area contributed by atoms with Gasteiger partial charge in [-0.1, -0.05) is 72.8 Å². The molecule has 6 nitrogen and oxygen atoms in total. The number of aromatic nitrogens is 3. The summed E-state index contributed by atoms with van der Waals surface area (Å²) in [7, 11) is 4.02. The van der Waals surface area contributed by atoms with Crippen LogP contribution in [0.5, 0.6) is 0 Å². The van der Waals surface area contributed by atoms with Crippen LogP contribution in [0.25, 0.3) is 22.5 Å². The molecule has 148 valence electrons. The van der Waals surface area contributed by atoms with Crippen LogP contribution in [0.3, 0.4) is 0 Å². The maximum absolute atomic E-state index is 4.68. The Hall–Kier alpha value is -4.06. The summed E-state index contributed by atoms with van der Waals surface area (Å²) < 4.78 is 0. The lowest BCUT2D eigenvalue weighted by Crippen LogP contribution is -2.08. The quantitative estimate of drug-likeness (QED) is 0.379. The third-order valence-corrected chi connectivity index (χ3v) is 4.57. The lowest BCUT2D eigenvalue weighted by molar-refractivity contribution is 0.973. The first-order valence-corrected chi connectivity index (χ1v) is 9.63. The van der Waals surface area contributed by atoms with Gasteiger partial charge in [0.1, 0.15) is 11.4 Å². The van der Waals surface area contributed by atoms with Gasteiger partial charge in [-0.05, 0) is 17.7 Å². The molecule has 1 aromatic heterocycles. The molecule has 0 fully saturated rings. The number of anilines is 2.